The van der Waals surface area contributed by atoms with E-state index in [2.05, 4.69) is 46.0 Å². The van der Waals surface area contributed by atoms with Crippen molar-refractivity contribution in [1.82, 2.24) is 9.88 Å². The Kier molecular flexibility index (Phi) is 4.51. The van der Waals surface area contributed by atoms with Gasteiger partial charge in [-0.05, 0) is 61.1 Å². The second-order valence-electron chi connectivity index (χ2n) is 6.18. The van der Waals surface area contributed by atoms with Crippen LogP contribution in [-0.4, -0.2) is 23.0 Å². The lowest BCUT2D eigenvalue weighted by Gasteiger charge is -2.21. The quantitative estimate of drug-likeness (QED) is 0.830. The monoisotopic (exact) mass is 308 g/mol. The molecule has 120 valence electrons. The summed E-state index contributed by atoms with van der Waals surface area (Å²) < 4.78 is 0. The summed E-state index contributed by atoms with van der Waals surface area (Å²) in [6.45, 7) is 8.33. The summed E-state index contributed by atoms with van der Waals surface area (Å²) in [5, 5.41) is 3.33. The zero-order valence-electron chi connectivity index (χ0n) is 13.7. The van der Waals surface area contributed by atoms with E-state index >= 15 is 0 Å². The molecule has 0 amide bonds. The first-order chi connectivity index (χ1) is 11.1. The second kappa shape index (κ2) is 6.73. The highest BCUT2D eigenvalue weighted by atomic mass is 15.3. The van der Waals surface area contributed by atoms with Crippen LogP contribution in [0.2, 0.25) is 0 Å². The van der Waals surface area contributed by atoms with Gasteiger partial charge in [-0.25, -0.2) is 4.98 Å². The van der Waals surface area contributed by atoms with Crippen molar-refractivity contribution in [1.29, 1.82) is 0 Å². The maximum absolute atomic E-state index is 5.89. The minimum absolute atomic E-state index is 0.841. The van der Waals surface area contributed by atoms with Crippen LogP contribution in [0, 0.1) is 6.92 Å². The van der Waals surface area contributed by atoms with Gasteiger partial charge in [-0.2, -0.15) is 0 Å². The van der Waals surface area contributed by atoms with Gasteiger partial charge in [0, 0.05) is 25.0 Å². The van der Waals surface area contributed by atoms with Crippen molar-refractivity contribution in [3.05, 3.63) is 65.6 Å². The van der Waals surface area contributed by atoms with Gasteiger partial charge in [0.2, 0.25) is 0 Å². The normalized spacial score (nSPS) is 14.0. The number of aromatic nitrogens is 1. The summed E-state index contributed by atoms with van der Waals surface area (Å²) in [4.78, 5) is 6.68. The highest BCUT2D eigenvalue weighted by Crippen LogP contribution is 2.19. The van der Waals surface area contributed by atoms with E-state index in [-0.39, 0.29) is 0 Å². The van der Waals surface area contributed by atoms with Crippen molar-refractivity contribution in [3.8, 4) is 0 Å². The molecule has 2 heterocycles. The zero-order chi connectivity index (χ0) is 16.2. The second-order valence-corrected chi connectivity index (χ2v) is 6.18. The number of rotatable bonds is 5. The van der Waals surface area contributed by atoms with Crippen LogP contribution < -0.4 is 11.1 Å². The fourth-order valence-electron chi connectivity index (χ4n) is 2.95. The predicted molar refractivity (Wildman–Crippen MR) is 96.2 cm³/mol. The third kappa shape index (κ3) is 3.83. The number of hydrogen-bond donors (Lipinski definition) is 2. The standard InChI is InChI=1S/C19H24N4/c1-14-11-16(5-6-18(14)20)12-17-7-8-21-19(13-17)22-15(2)23-9-3-4-10-23/h5-8,11,13H,2-4,9-10,12,20H2,1H3,(H,21,22). The van der Waals surface area contributed by atoms with Gasteiger partial charge in [0.1, 0.15) is 5.82 Å². The van der Waals surface area contributed by atoms with E-state index in [4.69, 9.17) is 5.73 Å². The molecule has 0 radical (unpaired) electrons. The lowest BCUT2D eigenvalue weighted by Crippen LogP contribution is -2.23. The Morgan fingerprint density at radius 1 is 1.22 bits per heavy atom. The first-order valence-electron chi connectivity index (χ1n) is 8.12. The zero-order valence-corrected chi connectivity index (χ0v) is 13.7. The molecule has 1 aromatic carbocycles. The summed E-state index contributed by atoms with van der Waals surface area (Å²) in [5.74, 6) is 1.79. The Hall–Kier alpha value is -2.49. The molecular weight excluding hydrogens is 284 g/mol. The average molecular weight is 308 g/mol. The lowest BCUT2D eigenvalue weighted by atomic mass is 10.0. The smallest absolute Gasteiger partial charge is 0.131 e. The Bertz CT molecular complexity index is 702. The van der Waals surface area contributed by atoms with Gasteiger partial charge >= 0.3 is 0 Å². The van der Waals surface area contributed by atoms with Crippen molar-refractivity contribution in [2.24, 2.45) is 0 Å². The number of nitrogens with one attached hydrogen (secondary N) is 1. The molecular formula is C19H24N4. The molecule has 0 spiro atoms. The highest BCUT2D eigenvalue weighted by Gasteiger charge is 2.13. The van der Waals surface area contributed by atoms with Gasteiger partial charge < -0.3 is 16.0 Å². The number of pyridine rings is 1. The van der Waals surface area contributed by atoms with Crippen LogP contribution >= 0.6 is 0 Å². The predicted octanol–water partition coefficient (Wildman–Crippen LogP) is 3.54. The summed E-state index contributed by atoms with van der Waals surface area (Å²) >= 11 is 0. The number of nitrogen functional groups attached to an aromatic ring is 1. The average Bonchev–Trinajstić information content (AvgIpc) is 3.06. The molecule has 0 saturated carbocycles. The van der Waals surface area contributed by atoms with Crippen LogP contribution in [0.25, 0.3) is 0 Å². The molecule has 1 fully saturated rings. The number of anilines is 2. The fraction of sp³-hybridized carbons (Fsp3) is 0.316. The van der Waals surface area contributed by atoms with Crippen molar-refractivity contribution in [2.75, 3.05) is 24.1 Å². The van der Waals surface area contributed by atoms with E-state index < -0.39 is 0 Å². The van der Waals surface area contributed by atoms with Crippen molar-refractivity contribution in [2.45, 2.75) is 26.2 Å². The Labute approximate surface area is 138 Å². The molecule has 0 bridgehead atoms. The molecule has 0 atom stereocenters. The largest absolute Gasteiger partial charge is 0.399 e. The number of likely N-dealkylation sites (tertiary alicyclic amines) is 1. The van der Waals surface area contributed by atoms with E-state index in [1.807, 2.05) is 19.2 Å². The Balaban J connectivity index is 1.69. The minimum Gasteiger partial charge on any atom is -0.399 e. The molecule has 4 nitrogen and oxygen atoms in total. The molecule has 4 heteroatoms. The number of benzene rings is 1. The van der Waals surface area contributed by atoms with Crippen molar-refractivity contribution >= 4 is 11.5 Å². The van der Waals surface area contributed by atoms with Crippen LogP contribution in [0.3, 0.4) is 0 Å². The molecule has 2 aromatic rings. The number of aryl methyl sites for hydroxylation is 1. The van der Waals surface area contributed by atoms with Crippen LogP contribution in [0.15, 0.2) is 48.9 Å². The van der Waals surface area contributed by atoms with E-state index in [9.17, 15) is 0 Å². The molecule has 23 heavy (non-hydrogen) atoms. The van der Waals surface area contributed by atoms with Crippen LogP contribution in [-0.2, 0) is 6.42 Å². The van der Waals surface area contributed by atoms with Crippen LogP contribution in [0.1, 0.15) is 29.5 Å². The number of nitrogens with two attached hydrogens (primary N) is 1. The summed E-state index contributed by atoms with van der Waals surface area (Å²) in [6, 6.07) is 10.3. The van der Waals surface area contributed by atoms with Gasteiger partial charge in [0.15, 0.2) is 0 Å². The van der Waals surface area contributed by atoms with Gasteiger partial charge in [0.05, 0.1) is 5.82 Å². The Morgan fingerprint density at radius 3 is 2.70 bits per heavy atom. The topological polar surface area (TPSA) is 54.2 Å². The lowest BCUT2D eigenvalue weighted by molar-refractivity contribution is 0.433. The summed E-state index contributed by atoms with van der Waals surface area (Å²) in [7, 11) is 0. The Morgan fingerprint density at radius 2 is 1.96 bits per heavy atom. The van der Waals surface area contributed by atoms with E-state index in [1.54, 1.807) is 0 Å². The highest BCUT2D eigenvalue weighted by molar-refractivity contribution is 5.49. The molecule has 1 aromatic heterocycles. The van der Waals surface area contributed by atoms with Gasteiger partial charge in [0.25, 0.3) is 0 Å². The van der Waals surface area contributed by atoms with Crippen LogP contribution in [0.4, 0.5) is 11.5 Å². The third-order valence-electron chi connectivity index (χ3n) is 4.33. The molecule has 1 aliphatic heterocycles. The SMILES string of the molecule is C=C(Nc1cc(Cc2ccc(N)c(C)c2)ccn1)N1CCCC1. The van der Waals surface area contributed by atoms with E-state index in [0.717, 1.165) is 42.4 Å². The first kappa shape index (κ1) is 15.4. The van der Waals surface area contributed by atoms with Gasteiger partial charge in [-0.3, -0.25) is 0 Å². The maximum atomic E-state index is 5.89. The molecule has 0 aliphatic carbocycles. The fourth-order valence-corrected chi connectivity index (χ4v) is 2.95. The molecule has 3 rings (SSSR count). The molecule has 0 unspecified atom stereocenters. The summed E-state index contributed by atoms with van der Waals surface area (Å²) in [6.07, 6.45) is 5.20. The minimum atomic E-state index is 0.841. The van der Waals surface area contributed by atoms with Gasteiger partial charge in [-0.1, -0.05) is 18.7 Å². The number of nitrogens with zero attached hydrogens (tertiary/aromatic N) is 2. The van der Waals surface area contributed by atoms with Crippen molar-refractivity contribution in [3.63, 3.8) is 0 Å². The maximum Gasteiger partial charge on any atom is 0.131 e. The van der Waals surface area contributed by atoms with E-state index in [1.165, 1.54) is 24.0 Å². The molecule has 1 aliphatic rings. The molecule has 1 saturated heterocycles. The molecule has 3 N–H and O–H groups in total. The van der Waals surface area contributed by atoms with Gasteiger partial charge in [-0.15, -0.1) is 0 Å². The summed E-state index contributed by atoms with van der Waals surface area (Å²) in [5.41, 5.74) is 10.3. The van der Waals surface area contributed by atoms with Crippen LogP contribution in [0.5, 0.6) is 0 Å². The van der Waals surface area contributed by atoms with Crippen molar-refractivity contribution < 1.29 is 0 Å². The third-order valence-corrected chi connectivity index (χ3v) is 4.33. The van der Waals surface area contributed by atoms with E-state index in [0.29, 0.717) is 0 Å². The number of hydrogen-bond acceptors (Lipinski definition) is 4. The first-order valence-corrected chi connectivity index (χ1v) is 8.12.